The minimum Gasteiger partial charge on any atom is -1.00 e. The quantitative estimate of drug-likeness (QED) is 0.553. The molecule has 2 saturated heterocycles. The van der Waals surface area contributed by atoms with E-state index in [9.17, 15) is 4.79 Å². The number of carbonyl (C=O) groups is 1. The van der Waals surface area contributed by atoms with Crippen LogP contribution in [0.3, 0.4) is 0 Å². The number of rotatable bonds is 1. The number of nitrogens with one attached hydrogen (secondary N) is 1. The molecular weight excluding hydrogens is 276 g/mol. The lowest BCUT2D eigenvalue weighted by Crippen LogP contribution is -3.04. The summed E-state index contributed by atoms with van der Waals surface area (Å²) in [7, 11) is 0. The van der Waals surface area contributed by atoms with Gasteiger partial charge in [0.2, 0.25) is 5.91 Å². The highest BCUT2D eigenvalue weighted by molar-refractivity contribution is 5.82. The van der Waals surface area contributed by atoms with Crippen LogP contribution in [-0.4, -0.2) is 35.9 Å². The van der Waals surface area contributed by atoms with Gasteiger partial charge < -0.3 is 17.3 Å². The van der Waals surface area contributed by atoms with Crippen LogP contribution in [0.25, 0.3) is 0 Å². The van der Waals surface area contributed by atoms with E-state index < -0.39 is 0 Å². The molecule has 1 amide bonds. The molecule has 5 nitrogen and oxygen atoms in total. The molecule has 0 saturated carbocycles. The number of allylic oxidation sites excluding steroid dienone is 1. The zero-order valence-corrected chi connectivity index (χ0v) is 11.9. The van der Waals surface area contributed by atoms with Gasteiger partial charge in [-0.1, -0.05) is 0 Å². The van der Waals surface area contributed by atoms with Crippen LogP contribution in [0.1, 0.15) is 25.7 Å². The standard InChI is InChI=1S/C14H16N4O.ClH/c19-13-4-3-11-2-1-10(8-18(11)13)14-12-7-15-5-6-17(12)9-16-14;/h5-7,9-11H,1-4,8H2;1H/t10-,11+;/m1./s1. The van der Waals surface area contributed by atoms with Crippen molar-refractivity contribution in [1.29, 1.82) is 0 Å². The van der Waals surface area contributed by atoms with Gasteiger partial charge in [0, 0.05) is 24.9 Å². The Labute approximate surface area is 124 Å². The second-order valence-corrected chi connectivity index (χ2v) is 5.62. The Kier molecular flexibility index (Phi) is 3.48. The fourth-order valence-electron chi connectivity index (χ4n) is 3.56. The van der Waals surface area contributed by atoms with Gasteiger partial charge in [-0.25, -0.2) is 9.89 Å². The van der Waals surface area contributed by atoms with Crippen LogP contribution in [-0.2, 0) is 4.79 Å². The zero-order valence-electron chi connectivity index (χ0n) is 11.1. The first-order chi connectivity index (χ1) is 9.33. The molecule has 20 heavy (non-hydrogen) atoms. The number of amides is 1. The van der Waals surface area contributed by atoms with E-state index in [0.717, 1.165) is 48.5 Å². The summed E-state index contributed by atoms with van der Waals surface area (Å²) in [5.74, 6) is 0.698. The van der Waals surface area contributed by atoms with Gasteiger partial charge in [-0.2, -0.15) is 0 Å². The third-order valence-corrected chi connectivity index (χ3v) is 4.58. The maximum Gasteiger partial charge on any atom is 0.222 e. The molecule has 4 aliphatic heterocycles. The number of quaternary nitrogens is 1. The van der Waals surface area contributed by atoms with Crippen molar-refractivity contribution in [3.05, 3.63) is 23.8 Å². The van der Waals surface area contributed by atoms with Crippen molar-refractivity contribution in [1.82, 2.24) is 4.90 Å². The summed E-state index contributed by atoms with van der Waals surface area (Å²) in [6, 6.07) is 0.489. The molecule has 1 unspecified atom stereocenters. The molecule has 0 aromatic rings. The molecule has 3 atom stereocenters. The summed E-state index contributed by atoms with van der Waals surface area (Å²) >= 11 is 0. The van der Waals surface area contributed by atoms with Gasteiger partial charge >= 0.3 is 0 Å². The predicted molar refractivity (Wildman–Crippen MR) is 71.6 cm³/mol. The van der Waals surface area contributed by atoms with E-state index in [-0.39, 0.29) is 12.4 Å². The molecule has 6 heteroatoms. The molecule has 0 spiro atoms. The number of halogens is 1. The van der Waals surface area contributed by atoms with Crippen molar-refractivity contribution in [2.24, 2.45) is 15.9 Å². The average molecular weight is 293 g/mol. The highest BCUT2D eigenvalue weighted by atomic mass is 35.5. The Morgan fingerprint density at radius 3 is 3.10 bits per heavy atom. The highest BCUT2D eigenvalue weighted by Crippen LogP contribution is 2.34. The molecule has 0 radical (unpaired) electrons. The number of hydrogen-bond acceptors (Lipinski definition) is 3. The fourth-order valence-corrected chi connectivity index (χ4v) is 3.56. The Hall–Kier alpha value is -1.46. The normalized spacial score (nSPS) is 34.3. The molecule has 0 aromatic heterocycles. The van der Waals surface area contributed by atoms with Gasteiger partial charge in [0.05, 0.1) is 12.4 Å². The Balaban J connectivity index is 0.00000121. The number of piperidine rings is 1. The van der Waals surface area contributed by atoms with Crippen LogP contribution >= 0.6 is 0 Å². The first kappa shape index (κ1) is 13.5. The minimum absolute atomic E-state index is 0. The van der Waals surface area contributed by atoms with E-state index in [1.165, 1.54) is 0 Å². The van der Waals surface area contributed by atoms with Crippen LogP contribution in [0.2, 0.25) is 0 Å². The molecular formula is C14H17ClN4O. The van der Waals surface area contributed by atoms with Crippen molar-refractivity contribution in [3.8, 4) is 0 Å². The van der Waals surface area contributed by atoms with E-state index in [1.54, 1.807) is 6.20 Å². The predicted octanol–water partition coefficient (Wildman–Crippen LogP) is -2.91. The summed E-state index contributed by atoms with van der Waals surface area (Å²) in [5.41, 5.74) is 2.28. The van der Waals surface area contributed by atoms with E-state index in [4.69, 9.17) is 0 Å². The smallest absolute Gasteiger partial charge is 0.222 e. The third kappa shape index (κ3) is 2.01. The van der Waals surface area contributed by atoms with E-state index in [1.807, 2.05) is 18.8 Å². The zero-order chi connectivity index (χ0) is 12.8. The molecule has 1 N–H and O–H groups in total. The van der Waals surface area contributed by atoms with Crippen LogP contribution in [0.4, 0.5) is 0 Å². The average Bonchev–Trinajstić information content (AvgIpc) is 3.03. The van der Waals surface area contributed by atoms with E-state index in [0.29, 0.717) is 17.9 Å². The van der Waals surface area contributed by atoms with Crippen molar-refractivity contribution >= 4 is 18.5 Å². The van der Waals surface area contributed by atoms with Gasteiger partial charge in [-0.05, 0) is 19.3 Å². The molecule has 0 bridgehead atoms. The van der Waals surface area contributed by atoms with E-state index >= 15 is 0 Å². The second-order valence-electron chi connectivity index (χ2n) is 5.62. The van der Waals surface area contributed by atoms with Crippen molar-refractivity contribution in [2.45, 2.75) is 31.7 Å². The summed E-state index contributed by atoms with van der Waals surface area (Å²) in [6.45, 7) is 0.838. The lowest BCUT2D eigenvalue weighted by Gasteiger charge is -2.34. The van der Waals surface area contributed by atoms with Crippen molar-refractivity contribution in [2.75, 3.05) is 6.54 Å². The lowest BCUT2D eigenvalue weighted by atomic mass is 9.90. The van der Waals surface area contributed by atoms with E-state index in [2.05, 4.69) is 14.9 Å². The maximum atomic E-state index is 11.9. The van der Waals surface area contributed by atoms with Crippen LogP contribution < -0.4 is 17.3 Å². The van der Waals surface area contributed by atoms with Gasteiger partial charge in [0.1, 0.15) is 11.9 Å². The number of carbonyl (C=O) groups excluding carboxylic acids is 1. The van der Waals surface area contributed by atoms with Crippen LogP contribution in [0, 0.1) is 5.92 Å². The Morgan fingerprint density at radius 2 is 2.20 bits per heavy atom. The summed E-state index contributed by atoms with van der Waals surface area (Å²) < 4.78 is 0. The summed E-state index contributed by atoms with van der Waals surface area (Å²) in [5, 5.41) is 0. The summed E-state index contributed by atoms with van der Waals surface area (Å²) in [6.07, 6.45) is 11.6. The van der Waals surface area contributed by atoms with Crippen molar-refractivity contribution < 1.29 is 22.1 Å². The van der Waals surface area contributed by atoms with Crippen molar-refractivity contribution in [3.63, 3.8) is 0 Å². The SMILES string of the molecule is O=C1CC[C@@H]2CC[C@@H](C3=C4C=NC=C[NH+]4C=N3)CN12.[Cl-]. The monoisotopic (exact) mass is 292 g/mol. The fraction of sp³-hybridized carbons (Fsp3) is 0.500. The first-order valence-electron chi connectivity index (χ1n) is 6.97. The number of hydrogen-bond donors (Lipinski definition) is 1. The van der Waals surface area contributed by atoms with Crippen LogP contribution in [0.5, 0.6) is 0 Å². The Morgan fingerprint density at radius 1 is 1.30 bits per heavy atom. The maximum absolute atomic E-state index is 11.9. The number of fused-ring (bicyclic) bond motifs is 2. The summed E-state index contributed by atoms with van der Waals surface area (Å²) in [4.78, 5) is 23.9. The molecule has 0 aliphatic carbocycles. The topological polar surface area (TPSA) is 49.5 Å². The molecule has 4 rings (SSSR count). The minimum atomic E-state index is 0. The lowest BCUT2D eigenvalue weighted by molar-refractivity contribution is -0.682. The van der Waals surface area contributed by atoms with Gasteiger partial charge in [0.15, 0.2) is 12.0 Å². The number of aliphatic imine (C=N–C) groups is 2. The molecule has 106 valence electrons. The molecule has 4 heterocycles. The largest absolute Gasteiger partial charge is 1.00 e. The van der Waals surface area contributed by atoms with Gasteiger partial charge in [-0.3, -0.25) is 9.79 Å². The van der Waals surface area contributed by atoms with Gasteiger partial charge in [-0.15, -0.1) is 0 Å². The molecule has 4 aliphatic rings. The second kappa shape index (κ2) is 5.14. The number of nitrogens with zero attached hydrogens (tertiary/aromatic N) is 3. The molecule has 2 fully saturated rings. The van der Waals surface area contributed by atoms with Crippen LogP contribution in [0.15, 0.2) is 33.8 Å². The van der Waals surface area contributed by atoms with Gasteiger partial charge in [0.25, 0.3) is 0 Å². The third-order valence-electron chi connectivity index (χ3n) is 4.58. The molecule has 0 aromatic carbocycles. The first-order valence-corrected chi connectivity index (χ1v) is 6.97. The highest BCUT2D eigenvalue weighted by Gasteiger charge is 2.40. The Bertz CT molecular complexity index is 551.